The molecule has 0 atom stereocenters. The maximum absolute atomic E-state index is 10.0. The number of hydrogen-bond acceptors (Lipinski definition) is 3. The van der Waals surface area contributed by atoms with Crippen LogP contribution in [-0.4, -0.2) is 24.2 Å². The lowest BCUT2D eigenvalue weighted by Gasteiger charge is -2.03. The fraction of sp³-hybridized carbons (Fsp3) is 0.875. The summed E-state index contributed by atoms with van der Waals surface area (Å²) in [7, 11) is 0. The Labute approximate surface area is 73.3 Å². The highest BCUT2D eigenvalue weighted by Crippen LogP contribution is 1.96. The molecule has 0 aliphatic heterocycles. The van der Waals surface area contributed by atoms with Crippen LogP contribution in [-0.2, 0) is 4.79 Å². The van der Waals surface area contributed by atoms with Gasteiger partial charge in [0.25, 0.3) is 0 Å². The lowest BCUT2D eigenvalue weighted by Crippen LogP contribution is -2.36. The molecule has 3 N–H and O–H groups in total. The van der Waals surface area contributed by atoms with Gasteiger partial charge in [0.15, 0.2) is 0 Å². The van der Waals surface area contributed by atoms with Gasteiger partial charge in [-0.2, -0.15) is 0 Å². The second-order valence-electron chi connectivity index (χ2n) is 2.73. The first-order chi connectivity index (χ1) is 5.77. The predicted octanol–water partition coefficient (Wildman–Crippen LogP) is 0.746. The quantitative estimate of drug-likeness (QED) is 0.375. The fourth-order valence-corrected chi connectivity index (χ4v) is 0.867. The Hall–Kier alpha value is -0.610. The first-order valence-electron chi connectivity index (χ1n) is 4.45. The van der Waals surface area contributed by atoms with E-state index in [1.54, 1.807) is 0 Å². The third-order valence-corrected chi connectivity index (χ3v) is 1.52. The van der Waals surface area contributed by atoms with E-state index in [1.165, 1.54) is 19.3 Å². The number of rotatable bonds is 8. The van der Waals surface area contributed by atoms with E-state index in [9.17, 15) is 4.79 Å². The van der Waals surface area contributed by atoms with Crippen molar-refractivity contribution in [3.63, 3.8) is 0 Å². The molecule has 0 saturated heterocycles. The van der Waals surface area contributed by atoms with Gasteiger partial charge < -0.3 is 5.11 Å². The maximum Gasteiger partial charge on any atom is 0.318 e. The van der Waals surface area contributed by atoms with Crippen LogP contribution in [0, 0.1) is 0 Å². The molecule has 0 aromatic rings. The normalized spacial score (nSPS) is 10.1. The van der Waals surface area contributed by atoms with E-state index in [2.05, 4.69) is 17.8 Å². The van der Waals surface area contributed by atoms with Crippen molar-refractivity contribution in [1.82, 2.24) is 10.9 Å². The smallest absolute Gasteiger partial charge is 0.318 e. The topological polar surface area (TPSA) is 61.4 Å². The molecule has 4 heteroatoms. The summed E-state index contributed by atoms with van der Waals surface area (Å²) >= 11 is 0. The molecule has 0 radical (unpaired) electrons. The number of carbonyl (C=O) groups is 1. The van der Waals surface area contributed by atoms with Crippen LogP contribution in [0.15, 0.2) is 0 Å². The van der Waals surface area contributed by atoms with Crippen molar-refractivity contribution >= 4 is 5.97 Å². The first-order valence-corrected chi connectivity index (χ1v) is 4.45. The number of hydrogen-bond donors (Lipinski definition) is 3. The summed E-state index contributed by atoms with van der Waals surface area (Å²) in [5.74, 6) is -0.837. The fourth-order valence-electron chi connectivity index (χ4n) is 0.867. The molecule has 0 aliphatic carbocycles. The Morgan fingerprint density at radius 3 is 2.58 bits per heavy atom. The third-order valence-electron chi connectivity index (χ3n) is 1.52. The monoisotopic (exact) mass is 174 g/mol. The number of carboxylic acids is 1. The summed E-state index contributed by atoms with van der Waals surface area (Å²) in [6.45, 7) is 2.98. The molecule has 0 heterocycles. The Balaban J connectivity index is 2.86. The number of aliphatic carboxylic acids is 1. The van der Waals surface area contributed by atoms with Crippen LogP contribution in [0.4, 0.5) is 0 Å². The molecular formula is C8H18N2O2. The van der Waals surface area contributed by atoms with Crippen LogP contribution in [0.3, 0.4) is 0 Å². The van der Waals surface area contributed by atoms with Gasteiger partial charge >= 0.3 is 5.97 Å². The van der Waals surface area contributed by atoms with Crippen molar-refractivity contribution in [2.75, 3.05) is 13.1 Å². The Kier molecular flexibility index (Phi) is 8.05. The molecule has 0 rings (SSSR count). The number of hydrazine groups is 1. The van der Waals surface area contributed by atoms with E-state index in [0.29, 0.717) is 0 Å². The Morgan fingerprint density at radius 2 is 2.00 bits per heavy atom. The van der Waals surface area contributed by atoms with Gasteiger partial charge in [-0.15, -0.1) is 0 Å². The largest absolute Gasteiger partial charge is 0.480 e. The van der Waals surface area contributed by atoms with Crippen molar-refractivity contribution < 1.29 is 9.90 Å². The van der Waals surface area contributed by atoms with Crippen LogP contribution in [0.5, 0.6) is 0 Å². The molecule has 0 bridgehead atoms. The number of nitrogens with one attached hydrogen (secondary N) is 2. The predicted molar refractivity (Wildman–Crippen MR) is 47.8 cm³/mol. The molecule has 0 aromatic carbocycles. The van der Waals surface area contributed by atoms with E-state index >= 15 is 0 Å². The minimum atomic E-state index is -0.837. The lowest BCUT2D eigenvalue weighted by molar-refractivity contribution is -0.136. The van der Waals surface area contributed by atoms with Crippen LogP contribution < -0.4 is 10.9 Å². The van der Waals surface area contributed by atoms with E-state index in [-0.39, 0.29) is 6.54 Å². The standard InChI is InChI=1S/C8H18N2O2/c1-2-3-4-5-6-9-10-7-8(11)12/h9-10H,2-7H2,1H3,(H,11,12). The zero-order chi connectivity index (χ0) is 9.23. The van der Waals surface area contributed by atoms with Gasteiger partial charge in [0.2, 0.25) is 0 Å². The van der Waals surface area contributed by atoms with Crippen LogP contribution in [0.1, 0.15) is 32.6 Å². The second-order valence-corrected chi connectivity index (χ2v) is 2.73. The van der Waals surface area contributed by atoms with E-state index < -0.39 is 5.97 Å². The summed E-state index contributed by atoms with van der Waals surface area (Å²) in [5.41, 5.74) is 5.46. The summed E-state index contributed by atoms with van der Waals surface area (Å²) < 4.78 is 0. The van der Waals surface area contributed by atoms with E-state index in [4.69, 9.17) is 5.11 Å². The summed E-state index contributed by atoms with van der Waals surface area (Å²) in [6.07, 6.45) is 4.78. The van der Waals surface area contributed by atoms with Gasteiger partial charge in [0.05, 0.1) is 0 Å². The number of carboxylic acid groups (broad SMARTS) is 1. The first kappa shape index (κ1) is 11.4. The van der Waals surface area contributed by atoms with Gasteiger partial charge in [-0.3, -0.25) is 10.2 Å². The van der Waals surface area contributed by atoms with Crippen molar-refractivity contribution in [3.8, 4) is 0 Å². The molecule has 0 aromatic heterocycles. The molecular weight excluding hydrogens is 156 g/mol. The highest BCUT2D eigenvalue weighted by Gasteiger charge is 1.92. The zero-order valence-corrected chi connectivity index (χ0v) is 7.60. The van der Waals surface area contributed by atoms with Crippen LogP contribution >= 0.6 is 0 Å². The van der Waals surface area contributed by atoms with Crippen LogP contribution in [0.2, 0.25) is 0 Å². The van der Waals surface area contributed by atoms with Crippen molar-refractivity contribution in [2.45, 2.75) is 32.6 Å². The summed E-state index contributed by atoms with van der Waals surface area (Å²) in [6, 6.07) is 0. The lowest BCUT2D eigenvalue weighted by atomic mass is 10.2. The molecule has 72 valence electrons. The Morgan fingerprint density at radius 1 is 1.25 bits per heavy atom. The van der Waals surface area contributed by atoms with Crippen molar-refractivity contribution in [2.24, 2.45) is 0 Å². The number of unbranched alkanes of at least 4 members (excludes halogenated alkanes) is 3. The molecule has 0 amide bonds. The maximum atomic E-state index is 10.0. The van der Waals surface area contributed by atoms with Crippen LogP contribution in [0.25, 0.3) is 0 Å². The zero-order valence-electron chi connectivity index (χ0n) is 7.60. The minimum Gasteiger partial charge on any atom is -0.480 e. The molecule has 0 aliphatic rings. The van der Waals surface area contributed by atoms with Gasteiger partial charge in [0.1, 0.15) is 6.54 Å². The molecule has 0 unspecified atom stereocenters. The molecule has 0 saturated carbocycles. The second kappa shape index (κ2) is 8.49. The van der Waals surface area contributed by atoms with Gasteiger partial charge in [-0.25, -0.2) is 5.43 Å². The van der Waals surface area contributed by atoms with Crippen molar-refractivity contribution in [1.29, 1.82) is 0 Å². The minimum absolute atomic E-state index is 0.0201. The van der Waals surface area contributed by atoms with Gasteiger partial charge in [-0.05, 0) is 6.42 Å². The summed E-state index contributed by atoms with van der Waals surface area (Å²) in [4.78, 5) is 10.0. The third kappa shape index (κ3) is 9.39. The highest BCUT2D eigenvalue weighted by atomic mass is 16.4. The van der Waals surface area contributed by atoms with E-state index in [0.717, 1.165) is 13.0 Å². The van der Waals surface area contributed by atoms with Crippen molar-refractivity contribution in [3.05, 3.63) is 0 Å². The summed E-state index contributed by atoms with van der Waals surface area (Å²) in [5, 5.41) is 8.25. The molecule has 4 nitrogen and oxygen atoms in total. The average Bonchev–Trinajstić information content (AvgIpc) is 2.02. The Bertz CT molecular complexity index is 118. The highest BCUT2D eigenvalue weighted by molar-refractivity contribution is 5.68. The van der Waals surface area contributed by atoms with Gasteiger partial charge in [0, 0.05) is 6.54 Å². The van der Waals surface area contributed by atoms with Gasteiger partial charge in [-0.1, -0.05) is 26.2 Å². The van der Waals surface area contributed by atoms with E-state index in [1.807, 2.05) is 0 Å². The molecule has 12 heavy (non-hydrogen) atoms. The molecule has 0 spiro atoms. The molecule has 0 fully saturated rings. The average molecular weight is 174 g/mol. The SMILES string of the molecule is CCCCCCNNCC(=O)O.